The van der Waals surface area contributed by atoms with E-state index in [0.29, 0.717) is 51.7 Å². The standard InChI is InChI=1S/C37H40FN3O4/c1-4-41(5-2)30-16-31-29(32(35(43)39-3)33(45-31)24-9-11-27(38)12-10-24)15-28(30)25-7-6-8-26(14-25)34(42)40-36-17-22-13-23(18-36)20-37(44,19-22)21-36/h6-12,14-16,22-23,44H,4-5,13,17-21H2,1-3H3,(H,39,43)(H,40,42)/t22-,23+,36+,37-. The molecule has 0 aliphatic heterocycles. The van der Waals surface area contributed by atoms with Crippen molar-refractivity contribution in [2.75, 3.05) is 25.0 Å². The van der Waals surface area contributed by atoms with E-state index in [4.69, 9.17) is 4.42 Å². The number of benzene rings is 3. The van der Waals surface area contributed by atoms with E-state index in [1.54, 1.807) is 19.2 Å². The van der Waals surface area contributed by atoms with Crippen LogP contribution in [0, 0.1) is 17.7 Å². The van der Waals surface area contributed by atoms with Crippen LogP contribution in [0.25, 0.3) is 33.4 Å². The second-order valence-electron chi connectivity index (χ2n) is 13.4. The van der Waals surface area contributed by atoms with Crippen molar-refractivity contribution >= 4 is 28.5 Å². The van der Waals surface area contributed by atoms with Gasteiger partial charge in [0, 0.05) is 59.5 Å². The number of nitrogens with zero attached hydrogens (tertiary/aromatic N) is 1. The number of amides is 2. The number of carbonyl (C=O) groups is 2. The lowest BCUT2D eigenvalue weighted by Gasteiger charge is -2.60. The molecule has 4 bridgehead atoms. The van der Waals surface area contributed by atoms with Crippen molar-refractivity contribution in [3.8, 4) is 22.5 Å². The van der Waals surface area contributed by atoms with Crippen LogP contribution >= 0.6 is 0 Å². The zero-order valence-corrected chi connectivity index (χ0v) is 26.1. The van der Waals surface area contributed by atoms with Gasteiger partial charge in [0.05, 0.1) is 11.2 Å². The Morgan fingerprint density at radius 2 is 1.67 bits per heavy atom. The van der Waals surface area contributed by atoms with Crippen molar-refractivity contribution in [1.82, 2.24) is 10.6 Å². The molecule has 0 saturated heterocycles. The number of rotatable bonds is 8. The van der Waals surface area contributed by atoms with Gasteiger partial charge in [0.1, 0.15) is 17.2 Å². The van der Waals surface area contributed by atoms with Gasteiger partial charge in [-0.1, -0.05) is 12.1 Å². The summed E-state index contributed by atoms with van der Waals surface area (Å²) in [5, 5.41) is 18.0. The number of anilines is 1. The van der Waals surface area contributed by atoms with Crippen molar-refractivity contribution in [3.63, 3.8) is 0 Å². The highest BCUT2D eigenvalue weighted by Crippen LogP contribution is 2.57. The lowest BCUT2D eigenvalue weighted by atomic mass is 9.51. The van der Waals surface area contributed by atoms with Gasteiger partial charge in [-0.3, -0.25) is 9.59 Å². The average Bonchev–Trinajstić information content (AvgIpc) is 3.38. The van der Waals surface area contributed by atoms with Crippen LogP contribution in [-0.2, 0) is 0 Å². The molecule has 4 saturated carbocycles. The van der Waals surface area contributed by atoms with Gasteiger partial charge in [-0.15, -0.1) is 0 Å². The Kier molecular flexibility index (Phi) is 7.23. The van der Waals surface area contributed by atoms with Crippen LogP contribution in [0.2, 0.25) is 0 Å². The normalized spacial score (nSPS) is 25.0. The first-order chi connectivity index (χ1) is 21.6. The summed E-state index contributed by atoms with van der Waals surface area (Å²) in [7, 11) is 1.57. The molecule has 234 valence electrons. The lowest BCUT2D eigenvalue weighted by molar-refractivity contribution is -0.139. The first-order valence-corrected chi connectivity index (χ1v) is 16.1. The lowest BCUT2D eigenvalue weighted by Crippen LogP contribution is -2.65. The molecule has 2 amide bonds. The Hall–Kier alpha value is -4.17. The van der Waals surface area contributed by atoms with E-state index in [-0.39, 0.29) is 23.2 Å². The van der Waals surface area contributed by atoms with E-state index in [1.807, 2.05) is 36.4 Å². The van der Waals surface area contributed by atoms with Gasteiger partial charge in [0.15, 0.2) is 0 Å². The summed E-state index contributed by atoms with van der Waals surface area (Å²) in [4.78, 5) is 29.3. The molecule has 8 rings (SSSR count). The summed E-state index contributed by atoms with van der Waals surface area (Å²) in [6.45, 7) is 5.67. The molecule has 4 fully saturated rings. The molecule has 3 N–H and O–H groups in total. The van der Waals surface area contributed by atoms with Gasteiger partial charge in [0.25, 0.3) is 11.8 Å². The van der Waals surface area contributed by atoms with Crippen LogP contribution in [0.4, 0.5) is 10.1 Å². The fourth-order valence-electron chi connectivity index (χ4n) is 8.85. The highest BCUT2D eigenvalue weighted by atomic mass is 19.1. The third-order valence-electron chi connectivity index (χ3n) is 10.3. The molecule has 0 unspecified atom stereocenters. The summed E-state index contributed by atoms with van der Waals surface area (Å²) >= 11 is 0. The molecule has 45 heavy (non-hydrogen) atoms. The van der Waals surface area contributed by atoms with E-state index >= 15 is 0 Å². The van der Waals surface area contributed by atoms with Crippen LogP contribution < -0.4 is 15.5 Å². The molecular weight excluding hydrogens is 569 g/mol. The topological polar surface area (TPSA) is 94.8 Å². The van der Waals surface area contributed by atoms with Crippen molar-refractivity contribution in [1.29, 1.82) is 0 Å². The van der Waals surface area contributed by atoms with Gasteiger partial charge in [-0.05, 0) is 112 Å². The number of hydrogen-bond donors (Lipinski definition) is 3. The highest BCUT2D eigenvalue weighted by Gasteiger charge is 2.57. The largest absolute Gasteiger partial charge is 0.455 e. The number of aliphatic hydroxyl groups is 1. The molecule has 3 aromatic carbocycles. The Morgan fingerprint density at radius 3 is 2.31 bits per heavy atom. The van der Waals surface area contributed by atoms with Gasteiger partial charge in [-0.25, -0.2) is 4.39 Å². The van der Waals surface area contributed by atoms with Gasteiger partial charge in [-0.2, -0.15) is 0 Å². The molecule has 7 nitrogen and oxygen atoms in total. The number of halogens is 1. The fourth-order valence-corrected chi connectivity index (χ4v) is 8.85. The third kappa shape index (κ3) is 5.19. The van der Waals surface area contributed by atoms with Crippen LogP contribution in [0.3, 0.4) is 0 Å². The predicted octanol–water partition coefficient (Wildman–Crippen LogP) is 6.93. The van der Waals surface area contributed by atoms with E-state index < -0.39 is 5.60 Å². The number of fused-ring (bicyclic) bond motifs is 1. The summed E-state index contributed by atoms with van der Waals surface area (Å²) < 4.78 is 20.1. The van der Waals surface area contributed by atoms with Crippen LogP contribution in [0.15, 0.2) is 65.1 Å². The molecule has 0 radical (unpaired) electrons. The third-order valence-corrected chi connectivity index (χ3v) is 10.3. The van der Waals surface area contributed by atoms with Gasteiger partial charge >= 0.3 is 0 Å². The second-order valence-corrected chi connectivity index (χ2v) is 13.4. The fraction of sp³-hybridized carbons (Fsp3) is 0.405. The first kappa shape index (κ1) is 29.5. The molecular formula is C37H40FN3O4. The monoisotopic (exact) mass is 609 g/mol. The minimum atomic E-state index is -0.660. The minimum absolute atomic E-state index is 0.124. The van der Waals surface area contributed by atoms with Gasteiger partial charge < -0.3 is 25.1 Å². The molecule has 4 atom stereocenters. The van der Waals surface area contributed by atoms with E-state index in [0.717, 1.165) is 62.0 Å². The Labute approximate surface area is 262 Å². The number of nitrogens with one attached hydrogen (secondary N) is 2. The van der Waals surface area contributed by atoms with Crippen molar-refractivity contribution in [2.24, 2.45) is 11.8 Å². The maximum absolute atomic E-state index is 13.8. The predicted molar refractivity (Wildman–Crippen MR) is 174 cm³/mol. The second kappa shape index (κ2) is 11.0. The zero-order chi connectivity index (χ0) is 31.5. The first-order valence-electron chi connectivity index (χ1n) is 16.1. The number of carbonyl (C=O) groups excluding carboxylic acids is 2. The maximum Gasteiger partial charge on any atom is 0.255 e. The van der Waals surface area contributed by atoms with E-state index in [2.05, 4.69) is 29.4 Å². The van der Waals surface area contributed by atoms with Crippen molar-refractivity contribution in [2.45, 2.75) is 63.5 Å². The summed E-state index contributed by atoms with van der Waals surface area (Å²) in [5.41, 5.74) is 3.73. The van der Waals surface area contributed by atoms with Crippen LogP contribution in [0.1, 0.15) is 73.1 Å². The quantitative estimate of drug-likeness (QED) is 0.202. The summed E-state index contributed by atoms with van der Waals surface area (Å²) in [5.74, 6) is 0.509. The molecule has 1 heterocycles. The Bertz CT molecular complexity index is 1780. The van der Waals surface area contributed by atoms with Crippen LogP contribution in [0.5, 0.6) is 0 Å². The zero-order valence-electron chi connectivity index (χ0n) is 26.1. The average molecular weight is 610 g/mol. The molecule has 8 heteroatoms. The SMILES string of the molecule is CCN(CC)c1cc2oc(-c3ccc(F)cc3)c(C(=O)NC)c2cc1-c1cccc(C(=O)N[C@@]23C[C@@H]4C[C@@H](C[C@@](O)(C4)C2)C3)c1. The minimum Gasteiger partial charge on any atom is -0.455 e. The molecule has 4 aromatic rings. The van der Waals surface area contributed by atoms with E-state index in [9.17, 15) is 19.1 Å². The smallest absolute Gasteiger partial charge is 0.255 e. The maximum atomic E-state index is 13.8. The Morgan fingerprint density at radius 1 is 0.956 bits per heavy atom. The van der Waals surface area contributed by atoms with Crippen molar-refractivity contribution in [3.05, 3.63) is 77.6 Å². The molecule has 4 aliphatic carbocycles. The van der Waals surface area contributed by atoms with Gasteiger partial charge in [0.2, 0.25) is 0 Å². The van der Waals surface area contributed by atoms with Crippen LogP contribution in [-0.4, -0.2) is 48.2 Å². The number of furan rings is 1. The Balaban J connectivity index is 1.31. The number of hydrogen-bond acceptors (Lipinski definition) is 5. The molecule has 0 spiro atoms. The van der Waals surface area contributed by atoms with E-state index in [1.165, 1.54) is 12.1 Å². The summed E-state index contributed by atoms with van der Waals surface area (Å²) in [6, 6.07) is 17.5. The summed E-state index contributed by atoms with van der Waals surface area (Å²) in [6.07, 6.45) is 5.34. The highest BCUT2D eigenvalue weighted by molar-refractivity contribution is 6.13. The molecule has 4 aliphatic rings. The van der Waals surface area contributed by atoms with Crippen molar-refractivity contribution < 1.29 is 23.5 Å². The molecule has 1 aromatic heterocycles.